The topological polar surface area (TPSA) is 42.2 Å². The van der Waals surface area contributed by atoms with E-state index in [-0.39, 0.29) is 0 Å². The van der Waals surface area contributed by atoms with Crippen LogP contribution in [0.1, 0.15) is 5.56 Å². The predicted molar refractivity (Wildman–Crippen MR) is 97.9 cm³/mol. The third-order valence-electron chi connectivity index (χ3n) is 3.86. The Bertz CT molecular complexity index is 988. The number of nitrogens with one attached hydrogen (secondary N) is 1. The summed E-state index contributed by atoms with van der Waals surface area (Å²) in [4.78, 5) is 8.88. The largest absolute Gasteiger partial charge is 0.339 e. The highest BCUT2D eigenvalue weighted by molar-refractivity contribution is 6.30. The van der Waals surface area contributed by atoms with E-state index >= 15 is 0 Å². The molecule has 0 saturated carbocycles. The summed E-state index contributed by atoms with van der Waals surface area (Å²) >= 11 is 6.01. The molecular formula is C19H15ClN4. The molecule has 24 heavy (non-hydrogen) atoms. The molecule has 0 unspecified atom stereocenters. The number of fused-ring (bicyclic) bond motifs is 1. The maximum atomic E-state index is 6.01. The Morgan fingerprint density at radius 2 is 1.75 bits per heavy atom. The molecule has 1 N–H and O–H groups in total. The van der Waals surface area contributed by atoms with Gasteiger partial charge in [0.1, 0.15) is 11.5 Å². The second-order valence-corrected chi connectivity index (χ2v) is 6.05. The second kappa shape index (κ2) is 5.98. The summed E-state index contributed by atoms with van der Waals surface area (Å²) in [6.45, 7) is 2.07. The molecule has 0 aliphatic rings. The van der Waals surface area contributed by atoms with E-state index in [1.807, 2.05) is 34.9 Å². The molecule has 118 valence electrons. The van der Waals surface area contributed by atoms with Crippen LogP contribution in [0.15, 0.2) is 67.1 Å². The number of rotatable bonds is 3. The summed E-state index contributed by atoms with van der Waals surface area (Å²) < 4.78 is 2.00. The molecule has 4 aromatic rings. The van der Waals surface area contributed by atoms with Gasteiger partial charge < -0.3 is 5.32 Å². The Kier molecular flexibility index (Phi) is 3.67. The molecule has 2 aromatic carbocycles. The van der Waals surface area contributed by atoms with Crippen molar-refractivity contribution in [3.8, 4) is 11.3 Å². The van der Waals surface area contributed by atoms with E-state index in [0.29, 0.717) is 5.02 Å². The van der Waals surface area contributed by atoms with Gasteiger partial charge in [0.05, 0.1) is 6.20 Å². The Morgan fingerprint density at radius 3 is 2.50 bits per heavy atom. The van der Waals surface area contributed by atoms with Crippen LogP contribution >= 0.6 is 11.6 Å². The van der Waals surface area contributed by atoms with Crippen molar-refractivity contribution < 1.29 is 0 Å². The Balaban J connectivity index is 1.86. The SMILES string of the molecule is Cc1ccc(Nc2c(-c3ccc(Cl)cc3)nc3cnccn23)cc1. The predicted octanol–water partition coefficient (Wildman–Crippen LogP) is 5.10. The molecule has 0 aliphatic carbocycles. The fraction of sp³-hybridized carbons (Fsp3) is 0.0526. The average molecular weight is 335 g/mol. The molecule has 2 aromatic heterocycles. The van der Waals surface area contributed by atoms with E-state index in [2.05, 4.69) is 41.5 Å². The lowest BCUT2D eigenvalue weighted by molar-refractivity contribution is 1.13. The second-order valence-electron chi connectivity index (χ2n) is 5.61. The molecule has 4 nitrogen and oxygen atoms in total. The lowest BCUT2D eigenvalue weighted by Gasteiger charge is -2.09. The van der Waals surface area contributed by atoms with Gasteiger partial charge in [0.25, 0.3) is 0 Å². The standard InChI is InChI=1S/C19H15ClN4/c1-13-2-8-16(9-3-13)22-19-18(14-4-6-15(20)7-5-14)23-17-12-21-10-11-24(17)19/h2-12,22H,1H3. The minimum atomic E-state index is 0.706. The first-order valence-corrected chi connectivity index (χ1v) is 8.00. The Hall–Kier alpha value is -2.85. The molecule has 0 bridgehead atoms. The minimum absolute atomic E-state index is 0.706. The number of imidazole rings is 1. The smallest absolute Gasteiger partial charge is 0.157 e. The van der Waals surface area contributed by atoms with Crippen LogP contribution in [0.5, 0.6) is 0 Å². The van der Waals surface area contributed by atoms with Gasteiger partial charge in [-0.3, -0.25) is 9.38 Å². The fourth-order valence-electron chi connectivity index (χ4n) is 2.61. The van der Waals surface area contributed by atoms with Crippen molar-refractivity contribution in [2.24, 2.45) is 0 Å². The quantitative estimate of drug-likeness (QED) is 0.566. The van der Waals surface area contributed by atoms with Gasteiger partial charge in [0.15, 0.2) is 5.65 Å². The van der Waals surface area contributed by atoms with Crippen molar-refractivity contribution in [3.05, 3.63) is 77.7 Å². The summed E-state index contributed by atoms with van der Waals surface area (Å²) in [6, 6.07) is 16.0. The highest BCUT2D eigenvalue weighted by Gasteiger charge is 2.14. The first-order valence-electron chi connectivity index (χ1n) is 7.62. The Morgan fingerprint density at radius 1 is 1.00 bits per heavy atom. The van der Waals surface area contributed by atoms with Gasteiger partial charge >= 0.3 is 0 Å². The molecule has 5 heteroatoms. The summed E-state index contributed by atoms with van der Waals surface area (Å²) in [7, 11) is 0. The van der Waals surface area contributed by atoms with Crippen LogP contribution in [0.4, 0.5) is 11.5 Å². The fourth-order valence-corrected chi connectivity index (χ4v) is 2.73. The van der Waals surface area contributed by atoms with E-state index < -0.39 is 0 Å². The number of benzene rings is 2. The normalized spacial score (nSPS) is 10.9. The molecule has 0 amide bonds. The number of hydrogen-bond acceptors (Lipinski definition) is 3. The average Bonchev–Trinajstić information content (AvgIpc) is 2.96. The van der Waals surface area contributed by atoms with Gasteiger partial charge in [0, 0.05) is 28.7 Å². The zero-order chi connectivity index (χ0) is 16.5. The summed E-state index contributed by atoms with van der Waals surface area (Å²) in [6.07, 6.45) is 5.40. The lowest BCUT2D eigenvalue weighted by atomic mass is 10.1. The van der Waals surface area contributed by atoms with Gasteiger partial charge in [-0.15, -0.1) is 0 Å². The first-order chi connectivity index (χ1) is 11.7. The molecule has 2 heterocycles. The number of hydrogen-bond donors (Lipinski definition) is 1. The van der Waals surface area contributed by atoms with Crippen LogP contribution in [0.25, 0.3) is 16.9 Å². The molecular weight excluding hydrogens is 320 g/mol. The monoisotopic (exact) mass is 334 g/mol. The van der Waals surface area contributed by atoms with Gasteiger partial charge in [-0.25, -0.2) is 4.98 Å². The van der Waals surface area contributed by atoms with Crippen LogP contribution in [0.2, 0.25) is 5.02 Å². The van der Waals surface area contributed by atoms with E-state index in [1.165, 1.54) is 5.56 Å². The molecule has 0 atom stereocenters. The summed E-state index contributed by atoms with van der Waals surface area (Å²) in [5.41, 5.74) is 4.88. The molecule has 0 spiro atoms. The number of anilines is 2. The van der Waals surface area contributed by atoms with Crippen LogP contribution in [0.3, 0.4) is 0 Å². The van der Waals surface area contributed by atoms with Crippen molar-refractivity contribution in [1.29, 1.82) is 0 Å². The van der Waals surface area contributed by atoms with Crippen molar-refractivity contribution in [3.63, 3.8) is 0 Å². The molecule has 4 rings (SSSR count). The number of aromatic nitrogens is 3. The van der Waals surface area contributed by atoms with Gasteiger partial charge in [-0.2, -0.15) is 0 Å². The number of aryl methyl sites for hydroxylation is 1. The van der Waals surface area contributed by atoms with Crippen molar-refractivity contribution in [2.45, 2.75) is 6.92 Å². The number of nitrogens with zero attached hydrogens (tertiary/aromatic N) is 3. The Labute approximate surface area is 144 Å². The van der Waals surface area contributed by atoms with Gasteiger partial charge in [0.2, 0.25) is 0 Å². The van der Waals surface area contributed by atoms with Crippen LogP contribution in [-0.4, -0.2) is 14.4 Å². The summed E-state index contributed by atoms with van der Waals surface area (Å²) in [5, 5.41) is 4.18. The highest BCUT2D eigenvalue weighted by Crippen LogP contribution is 2.31. The minimum Gasteiger partial charge on any atom is -0.339 e. The molecule has 0 fully saturated rings. The van der Waals surface area contributed by atoms with Gasteiger partial charge in [-0.05, 0) is 31.2 Å². The van der Waals surface area contributed by atoms with Crippen molar-refractivity contribution >= 4 is 28.8 Å². The molecule has 0 aliphatic heterocycles. The maximum absolute atomic E-state index is 6.01. The highest BCUT2D eigenvalue weighted by atomic mass is 35.5. The first kappa shape index (κ1) is 14.7. The third kappa shape index (κ3) is 2.72. The van der Waals surface area contributed by atoms with E-state index in [4.69, 9.17) is 16.6 Å². The zero-order valence-corrected chi connectivity index (χ0v) is 13.8. The zero-order valence-electron chi connectivity index (χ0n) is 13.1. The van der Waals surface area contributed by atoms with Crippen LogP contribution in [0, 0.1) is 6.92 Å². The van der Waals surface area contributed by atoms with Crippen molar-refractivity contribution in [1.82, 2.24) is 14.4 Å². The maximum Gasteiger partial charge on any atom is 0.157 e. The number of halogens is 1. The summed E-state index contributed by atoms with van der Waals surface area (Å²) in [5.74, 6) is 0.901. The third-order valence-corrected chi connectivity index (χ3v) is 4.11. The van der Waals surface area contributed by atoms with E-state index in [1.54, 1.807) is 12.4 Å². The lowest BCUT2D eigenvalue weighted by Crippen LogP contribution is -1.97. The molecule has 0 radical (unpaired) electrons. The van der Waals surface area contributed by atoms with Crippen LogP contribution < -0.4 is 5.32 Å². The molecule has 0 saturated heterocycles. The van der Waals surface area contributed by atoms with E-state index in [0.717, 1.165) is 28.4 Å². The van der Waals surface area contributed by atoms with Crippen LogP contribution in [-0.2, 0) is 0 Å². The van der Waals surface area contributed by atoms with E-state index in [9.17, 15) is 0 Å². The van der Waals surface area contributed by atoms with Gasteiger partial charge in [-0.1, -0.05) is 41.4 Å². The van der Waals surface area contributed by atoms with Crippen molar-refractivity contribution in [2.75, 3.05) is 5.32 Å².